The van der Waals surface area contributed by atoms with Crippen LogP contribution in [0.25, 0.3) is 0 Å². The summed E-state index contributed by atoms with van der Waals surface area (Å²) in [5.74, 6) is -1.41. The average molecular weight is 367 g/mol. The van der Waals surface area contributed by atoms with Crippen molar-refractivity contribution in [3.05, 3.63) is 31.4 Å². The van der Waals surface area contributed by atoms with E-state index in [0.717, 1.165) is 19.8 Å². The summed E-state index contributed by atoms with van der Waals surface area (Å²) in [6, 6.07) is 0. The Labute approximate surface area is 157 Å². The Bertz CT molecular complexity index is 522. The van der Waals surface area contributed by atoms with Gasteiger partial charge in [0.25, 0.3) is 0 Å². The van der Waals surface area contributed by atoms with Crippen LogP contribution in [-0.4, -0.2) is 22.6 Å². The molecule has 1 unspecified atom stereocenters. The van der Waals surface area contributed by atoms with Gasteiger partial charge in [-0.15, -0.1) is 0 Å². The normalized spacial score (nSPS) is 11.2. The SMILES string of the molecule is C=CC(=O)OC(CCCCCCCCC)Cn1cc[n+](C)c1.CC(=O)[O-]. The van der Waals surface area contributed by atoms with Crippen LogP contribution in [0.15, 0.2) is 31.4 Å². The van der Waals surface area contributed by atoms with Crippen molar-refractivity contribution in [1.82, 2.24) is 4.57 Å². The van der Waals surface area contributed by atoms with Crippen LogP contribution < -0.4 is 9.67 Å². The van der Waals surface area contributed by atoms with Crippen molar-refractivity contribution >= 4 is 11.9 Å². The van der Waals surface area contributed by atoms with Crippen LogP contribution in [0.3, 0.4) is 0 Å². The molecule has 0 fully saturated rings. The minimum absolute atomic E-state index is 0.0754. The number of aryl methyl sites for hydroxylation is 1. The Morgan fingerprint density at radius 2 is 1.81 bits per heavy atom. The zero-order valence-electron chi connectivity index (χ0n) is 16.5. The molecule has 6 heteroatoms. The minimum atomic E-state index is -1.08. The van der Waals surface area contributed by atoms with Gasteiger partial charge in [-0.2, -0.15) is 0 Å². The van der Waals surface area contributed by atoms with Gasteiger partial charge in [0, 0.05) is 12.0 Å². The van der Waals surface area contributed by atoms with Gasteiger partial charge in [0.05, 0.1) is 7.05 Å². The van der Waals surface area contributed by atoms with E-state index < -0.39 is 5.97 Å². The van der Waals surface area contributed by atoms with Gasteiger partial charge in [-0.05, 0) is 19.8 Å². The maximum absolute atomic E-state index is 11.5. The van der Waals surface area contributed by atoms with E-state index in [1.165, 1.54) is 44.6 Å². The van der Waals surface area contributed by atoms with Crippen LogP contribution in [0.1, 0.15) is 65.2 Å². The molecule has 0 saturated heterocycles. The third-order valence-electron chi connectivity index (χ3n) is 3.82. The van der Waals surface area contributed by atoms with E-state index in [4.69, 9.17) is 14.6 Å². The lowest BCUT2D eigenvalue weighted by atomic mass is 10.1. The predicted molar refractivity (Wildman–Crippen MR) is 99.0 cm³/mol. The molecule has 0 aliphatic heterocycles. The molecule has 1 atom stereocenters. The summed E-state index contributed by atoms with van der Waals surface area (Å²) in [6.07, 6.45) is 16.9. The monoisotopic (exact) mass is 366 g/mol. The van der Waals surface area contributed by atoms with Crippen molar-refractivity contribution in [2.24, 2.45) is 7.05 Å². The van der Waals surface area contributed by atoms with E-state index in [9.17, 15) is 4.79 Å². The summed E-state index contributed by atoms with van der Waals surface area (Å²) in [6.45, 7) is 7.39. The number of aromatic nitrogens is 2. The summed E-state index contributed by atoms with van der Waals surface area (Å²) in [5.41, 5.74) is 0. The smallest absolute Gasteiger partial charge is 0.330 e. The molecule has 148 valence electrons. The van der Waals surface area contributed by atoms with Gasteiger partial charge in [-0.1, -0.05) is 52.0 Å². The first-order valence-electron chi connectivity index (χ1n) is 9.40. The second-order valence-corrected chi connectivity index (χ2v) is 6.44. The first-order valence-corrected chi connectivity index (χ1v) is 9.40. The van der Waals surface area contributed by atoms with Gasteiger partial charge in [0.1, 0.15) is 25.0 Å². The van der Waals surface area contributed by atoms with Gasteiger partial charge >= 0.3 is 5.97 Å². The number of unbranched alkanes of at least 4 members (excludes halogenated alkanes) is 6. The number of ether oxygens (including phenoxy) is 1. The van der Waals surface area contributed by atoms with Crippen molar-refractivity contribution < 1.29 is 24.0 Å². The third kappa shape index (κ3) is 14.3. The van der Waals surface area contributed by atoms with Crippen LogP contribution in [0.5, 0.6) is 0 Å². The Hall–Kier alpha value is -2.11. The van der Waals surface area contributed by atoms with Gasteiger partial charge in [0.2, 0.25) is 6.33 Å². The highest BCUT2D eigenvalue weighted by atomic mass is 16.5. The summed E-state index contributed by atoms with van der Waals surface area (Å²) >= 11 is 0. The molecule has 0 radical (unpaired) electrons. The number of nitrogens with zero attached hydrogens (tertiary/aromatic N) is 2. The highest BCUT2D eigenvalue weighted by Crippen LogP contribution is 2.13. The summed E-state index contributed by atoms with van der Waals surface area (Å²) in [7, 11) is 1.98. The van der Waals surface area contributed by atoms with Crippen molar-refractivity contribution in [2.75, 3.05) is 0 Å². The fourth-order valence-electron chi connectivity index (χ4n) is 2.57. The fourth-order valence-corrected chi connectivity index (χ4v) is 2.57. The molecular weight excluding hydrogens is 332 g/mol. The quantitative estimate of drug-likeness (QED) is 0.246. The second kappa shape index (κ2) is 15.2. The number of aliphatic carboxylic acids is 1. The van der Waals surface area contributed by atoms with Crippen LogP contribution in [0.2, 0.25) is 0 Å². The lowest BCUT2D eigenvalue weighted by Gasteiger charge is -2.15. The molecule has 6 nitrogen and oxygen atoms in total. The molecule has 26 heavy (non-hydrogen) atoms. The molecule has 0 saturated carbocycles. The van der Waals surface area contributed by atoms with Gasteiger partial charge in [-0.25, -0.2) is 13.9 Å². The second-order valence-electron chi connectivity index (χ2n) is 6.44. The number of esters is 1. The van der Waals surface area contributed by atoms with Crippen LogP contribution in [0, 0.1) is 0 Å². The maximum atomic E-state index is 11.5. The molecule has 1 heterocycles. The van der Waals surface area contributed by atoms with Crippen LogP contribution >= 0.6 is 0 Å². The molecule has 1 aromatic heterocycles. The first-order chi connectivity index (χ1) is 12.4. The van der Waals surface area contributed by atoms with Crippen LogP contribution in [0.4, 0.5) is 0 Å². The topological polar surface area (TPSA) is 75.2 Å². The molecule has 1 aromatic rings. The standard InChI is InChI=1S/C18H31N2O2.C2H4O2/c1-4-6-7-8-9-10-11-12-17(22-18(21)5-2)15-20-14-13-19(3)16-20;1-2(3)4/h5,13-14,16-17H,2,4,6-12,15H2,1,3H3;1H3,(H,3,4)/q+1;/p-1. The minimum Gasteiger partial charge on any atom is -0.550 e. The average Bonchev–Trinajstić information content (AvgIpc) is 2.98. The zero-order valence-corrected chi connectivity index (χ0v) is 16.5. The highest BCUT2D eigenvalue weighted by Gasteiger charge is 2.16. The van der Waals surface area contributed by atoms with Crippen LogP contribution in [-0.2, 0) is 27.9 Å². The lowest BCUT2D eigenvalue weighted by Crippen LogP contribution is -2.26. The molecule has 0 aromatic carbocycles. The molecule has 0 amide bonds. The number of rotatable bonds is 12. The van der Waals surface area contributed by atoms with E-state index in [1.54, 1.807) is 0 Å². The summed E-state index contributed by atoms with van der Waals surface area (Å²) < 4.78 is 9.51. The highest BCUT2D eigenvalue weighted by molar-refractivity contribution is 5.81. The number of carbonyl (C=O) groups is 2. The molecule has 0 spiro atoms. The van der Waals surface area contributed by atoms with Crippen molar-refractivity contribution in [2.45, 2.75) is 77.9 Å². The van der Waals surface area contributed by atoms with Gasteiger partial charge in [0.15, 0.2) is 0 Å². The molecular formula is C20H34N2O4. The molecule has 1 rings (SSSR count). The largest absolute Gasteiger partial charge is 0.550 e. The van der Waals surface area contributed by atoms with Crippen molar-refractivity contribution in [1.29, 1.82) is 0 Å². The number of carboxylic acid groups (broad SMARTS) is 1. The Balaban J connectivity index is 0.00000141. The first kappa shape index (κ1) is 23.9. The van der Waals surface area contributed by atoms with Crippen molar-refractivity contribution in [3.63, 3.8) is 0 Å². The Morgan fingerprint density at radius 3 is 2.31 bits per heavy atom. The zero-order chi connectivity index (χ0) is 19.8. The molecule has 0 bridgehead atoms. The molecule has 0 aliphatic rings. The maximum Gasteiger partial charge on any atom is 0.330 e. The van der Waals surface area contributed by atoms with Gasteiger partial charge < -0.3 is 14.6 Å². The number of hydrogen-bond donors (Lipinski definition) is 0. The van der Waals surface area contributed by atoms with Gasteiger partial charge in [-0.3, -0.25) is 0 Å². The number of carbonyl (C=O) groups excluding carboxylic acids is 2. The van der Waals surface area contributed by atoms with Crippen molar-refractivity contribution in [3.8, 4) is 0 Å². The van der Waals surface area contributed by atoms with E-state index in [2.05, 4.69) is 18.1 Å². The van der Waals surface area contributed by atoms with E-state index in [1.807, 2.05) is 30.3 Å². The van der Waals surface area contributed by atoms with E-state index >= 15 is 0 Å². The summed E-state index contributed by atoms with van der Waals surface area (Å²) in [4.78, 5) is 20.4. The number of imidazole rings is 1. The van der Waals surface area contributed by atoms with E-state index in [-0.39, 0.29) is 12.1 Å². The predicted octanol–water partition coefficient (Wildman–Crippen LogP) is 2.31. The van der Waals surface area contributed by atoms with E-state index in [0.29, 0.717) is 6.54 Å². The fraction of sp³-hybridized carbons (Fsp3) is 0.650. The Kier molecular flexibility index (Phi) is 13.9. The third-order valence-corrected chi connectivity index (χ3v) is 3.82. The number of hydrogen-bond acceptors (Lipinski definition) is 4. The number of carboxylic acids is 1. The molecule has 0 N–H and O–H groups in total. The molecule has 0 aliphatic carbocycles. The Morgan fingerprint density at radius 1 is 1.23 bits per heavy atom. The lowest BCUT2D eigenvalue weighted by molar-refractivity contribution is -0.671. The summed E-state index contributed by atoms with van der Waals surface area (Å²) in [5, 5.41) is 8.89.